The lowest BCUT2D eigenvalue weighted by Gasteiger charge is -2.36. The largest absolute Gasteiger partial charge is 0.495 e. The van der Waals surface area contributed by atoms with Gasteiger partial charge in [0.05, 0.1) is 25.4 Å². The second-order valence-corrected chi connectivity index (χ2v) is 7.15. The van der Waals surface area contributed by atoms with Crippen LogP contribution in [-0.2, 0) is 4.79 Å². The second kappa shape index (κ2) is 9.11. The molecule has 1 heterocycles. The number of piperazine rings is 1. The molecule has 2 aromatic rings. The molecule has 0 aromatic heterocycles. The van der Waals surface area contributed by atoms with E-state index < -0.39 is 0 Å². The number of anilines is 1. The van der Waals surface area contributed by atoms with Crippen LogP contribution in [0.5, 0.6) is 5.75 Å². The van der Waals surface area contributed by atoms with Gasteiger partial charge in [-0.25, -0.2) is 0 Å². The summed E-state index contributed by atoms with van der Waals surface area (Å²) >= 11 is 6.22. The van der Waals surface area contributed by atoms with E-state index >= 15 is 0 Å². The predicted molar refractivity (Wildman–Crippen MR) is 110 cm³/mol. The molecule has 2 aromatic carbocycles. The van der Waals surface area contributed by atoms with Crippen LogP contribution in [0.25, 0.3) is 0 Å². The molecule has 0 unspecified atom stereocenters. The van der Waals surface area contributed by atoms with Crippen molar-refractivity contribution in [1.29, 1.82) is 0 Å². The number of carbonyl (C=O) groups is 1. The topological polar surface area (TPSA) is 44.8 Å². The van der Waals surface area contributed by atoms with E-state index in [0.717, 1.165) is 43.2 Å². The minimum absolute atomic E-state index is 0.0214. The van der Waals surface area contributed by atoms with Crippen molar-refractivity contribution in [1.82, 2.24) is 10.2 Å². The van der Waals surface area contributed by atoms with Crippen molar-refractivity contribution in [3.8, 4) is 5.75 Å². The zero-order valence-electron chi connectivity index (χ0n) is 15.8. The SMILES string of the molecule is COc1ccccc1N1CCN(CC(=O)N[C@H](C)c2ccccc2Cl)CC1. The number of rotatable bonds is 6. The van der Waals surface area contributed by atoms with Gasteiger partial charge in [0.15, 0.2) is 0 Å². The van der Waals surface area contributed by atoms with E-state index in [1.165, 1.54) is 0 Å². The van der Waals surface area contributed by atoms with Crippen LogP contribution in [0.1, 0.15) is 18.5 Å². The highest BCUT2D eigenvalue weighted by Crippen LogP contribution is 2.28. The number of methoxy groups -OCH3 is 1. The summed E-state index contributed by atoms with van der Waals surface area (Å²) in [4.78, 5) is 16.9. The van der Waals surface area contributed by atoms with Crippen molar-refractivity contribution < 1.29 is 9.53 Å². The quantitative estimate of drug-likeness (QED) is 0.825. The van der Waals surface area contributed by atoms with Gasteiger partial charge in [-0.15, -0.1) is 0 Å². The summed E-state index contributed by atoms with van der Waals surface area (Å²) in [5.74, 6) is 0.908. The Morgan fingerprint density at radius 1 is 1.11 bits per heavy atom. The molecule has 27 heavy (non-hydrogen) atoms. The van der Waals surface area contributed by atoms with Gasteiger partial charge in [0.2, 0.25) is 5.91 Å². The molecule has 1 saturated heterocycles. The van der Waals surface area contributed by atoms with Gasteiger partial charge in [0, 0.05) is 31.2 Å². The fourth-order valence-electron chi connectivity index (χ4n) is 3.43. The Morgan fingerprint density at radius 2 is 1.78 bits per heavy atom. The van der Waals surface area contributed by atoms with Crippen LogP contribution in [0.4, 0.5) is 5.69 Å². The van der Waals surface area contributed by atoms with Crippen LogP contribution in [0.3, 0.4) is 0 Å². The van der Waals surface area contributed by atoms with E-state index in [1.54, 1.807) is 7.11 Å². The van der Waals surface area contributed by atoms with Gasteiger partial charge in [-0.2, -0.15) is 0 Å². The zero-order chi connectivity index (χ0) is 19.2. The summed E-state index contributed by atoms with van der Waals surface area (Å²) in [7, 11) is 1.69. The fourth-order valence-corrected chi connectivity index (χ4v) is 3.73. The summed E-state index contributed by atoms with van der Waals surface area (Å²) in [6.45, 7) is 5.77. The van der Waals surface area contributed by atoms with E-state index in [1.807, 2.05) is 49.4 Å². The van der Waals surface area contributed by atoms with E-state index in [-0.39, 0.29) is 11.9 Å². The van der Waals surface area contributed by atoms with Crippen LogP contribution >= 0.6 is 11.6 Å². The molecule has 0 bridgehead atoms. The van der Waals surface area contributed by atoms with Gasteiger partial charge in [0.25, 0.3) is 0 Å². The van der Waals surface area contributed by atoms with Crippen LogP contribution in [-0.4, -0.2) is 50.6 Å². The molecule has 0 spiro atoms. The molecule has 1 aliphatic heterocycles. The molecular weight excluding hydrogens is 362 g/mol. The smallest absolute Gasteiger partial charge is 0.234 e. The van der Waals surface area contributed by atoms with Crippen molar-refractivity contribution in [3.63, 3.8) is 0 Å². The number of ether oxygens (including phenoxy) is 1. The summed E-state index contributed by atoms with van der Waals surface area (Å²) in [5.41, 5.74) is 2.05. The number of hydrogen-bond acceptors (Lipinski definition) is 4. The van der Waals surface area contributed by atoms with Gasteiger partial charge < -0.3 is 15.0 Å². The molecular formula is C21H26ClN3O2. The summed E-state index contributed by atoms with van der Waals surface area (Å²) in [6, 6.07) is 15.5. The third kappa shape index (κ3) is 4.93. The number of halogens is 1. The molecule has 6 heteroatoms. The van der Waals surface area contributed by atoms with E-state index in [0.29, 0.717) is 11.6 Å². The number of carbonyl (C=O) groups excluding carboxylic acids is 1. The second-order valence-electron chi connectivity index (χ2n) is 6.75. The first-order chi connectivity index (χ1) is 13.1. The number of benzene rings is 2. The van der Waals surface area contributed by atoms with Gasteiger partial charge in [-0.05, 0) is 30.7 Å². The summed E-state index contributed by atoms with van der Waals surface area (Å²) in [6.07, 6.45) is 0. The molecule has 1 fully saturated rings. The third-order valence-corrected chi connectivity index (χ3v) is 5.26. The van der Waals surface area contributed by atoms with Crippen molar-refractivity contribution in [2.45, 2.75) is 13.0 Å². The Bertz CT molecular complexity index is 776. The van der Waals surface area contributed by atoms with Crippen molar-refractivity contribution in [2.75, 3.05) is 44.7 Å². The van der Waals surface area contributed by atoms with Gasteiger partial charge in [-0.3, -0.25) is 9.69 Å². The Morgan fingerprint density at radius 3 is 2.48 bits per heavy atom. The van der Waals surface area contributed by atoms with Crippen molar-refractivity contribution in [2.24, 2.45) is 0 Å². The number of amides is 1. The van der Waals surface area contributed by atoms with Gasteiger partial charge in [-0.1, -0.05) is 41.9 Å². The molecule has 1 aliphatic rings. The number of nitrogens with one attached hydrogen (secondary N) is 1. The zero-order valence-corrected chi connectivity index (χ0v) is 16.6. The van der Waals surface area contributed by atoms with Gasteiger partial charge >= 0.3 is 0 Å². The molecule has 3 rings (SSSR count). The molecule has 144 valence electrons. The van der Waals surface area contributed by atoms with Crippen molar-refractivity contribution >= 4 is 23.2 Å². The first kappa shape index (κ1) is 19.5. The first-order valence-corrected chi connectivity index (χ1v) is 9.60. The monoisotopic (exact) mass is 387 g/mol. The highest BCUT2D eigenvalue weighted by molar-refractivity contribution is 6.31. The van der Waals surface area contributed by atoms with Gasteiger partial charge in [0.1, 0.15) is 5.75 Å². The molecule has 5 nitrogen and oxygen atoms in total. The van der Waals surface area contributed by atoms with Crippen LogP contribution < -0.4 is 15.0 Å². The highest BCUT2D eigenvalue weighted by Gasteiger charge is 2.22. The maximum atomic E-state index is 12.4. The van der Waals surface area contributed by atoms with Crippen LogP contribution in [0, 0.1) is 0 Å². The minimum atomic E-state index is -0.110. The minimum Gasteiger partial charge on any atom is -0.495 e. The first-order valence-electron chi connectivity index (χ1n) is 9.22. The van der Waals surface area contributed by atoms with Crippen LogP contribution in [0.2, 0.25) is 5.02 Å². The fraction of sp³-hybridized carbons (Fsp3) is 0.381. The van der Waals surface area contributed by atoms with Crippen LogP contribution in [0.15, 0.2) is 48.5 Å². The van der Waals surface area contributed by atoms with E-state index in [2.05, 4.69) is 21.2 Å². The molecule has 1 atom stereocenters. The number of nitrogens with zero attached hydrogens (tertiary/aromatic N) is 2. The van der Waals surface area contributed by atoms with Crippen molar-refractivity contribution in [3.05, 3.63) is 59.1 Å². The number of para-hydroxylation sites is 2. The maximum absolute atomic E-state index is 12.4. The average molecular weight is 388 g/mol. The lowest BCUT2D eigenvalue weighted by Crippen LogP contribution is -2.49. The Balaban J connectivity index is 1.50. The lowest BCUT2D eigenvalue weighted by atomic mass is 10.1. The van der Waals surface area contributed by atoms with E-state index in [4.69, 9.17) is 16.3 Å². The molecule has 1 amide bonds. The summed E-state index contributed by atoms with van der Waals surface area (Å²) < 4.78 is 5.46. The predicted octanol–water partition coefficient (Wildman–Crippen LogP) is 3.35. The van der Waals surface area contributed by atoms with E-state index in [9.17, 15) is 4.79 Å². The number of hydrogen-bond donors (Lipinski definition) is 1. The summed E-state index contributed by atoms with van der Waals surface area (Å²) in [5, 5.41) is 3.72. The molecule has 1 N–H and O–H groups in total. The molecule has 0 aliphatic carbocycles. The highest BCUT2D eigenvalue weighted by atomic mass is 35.5. The lowest BCUT2D eigenvalue weighted by molar-refractivity contribution is -0.123. The maximum Gasteiger partial charge on any atom is 0.234 e. The average Bonchev–Trinajstić information content (AvgIpc) is 2.68. The molecule has 0 radical (unpaired) electrons. The third-order valence-electron chi connectivity index (χ3n) is 4.91. The standard InChI is InChI=1S/C21H26ClN3O2/c1-16(17-7-3-4-8-18(17)22)23-21(26)15-24-11-13-25(14-12-24)19-9-5-6-10-20(19)27-2/h3-10,16H,11-15H2,1-2H3,(H,23,26)/t16-/m1/s1. The molecule has 0 saturated carbocycles. The normalized spacial score (nSPS) is 16.0. The Kier molecular flexibility index (Phi) is 6.58. The Labute approximate surface area is 165 Å². The Hall–Kier alpha value is -2.24.